The highest BCUT2D eigenvalue weighted by atomic mass is 35.5. The van der Waals surface area contributed by atoms with E-state index in [0.717, 1.165) is 5.69 Å². The van der Waals surface area contributed by atoms with E-state index < -0.39 is 0 Å². The van der Waals surface area contributed by atoms with Gasteiger partial charge in [0.15, 0.2) is 0 Å². The highest BCUT2D eigenvalue weighted by Crippen LogP contribution is 2.23. The fourth-order valence-electron chi connectivity index (χ4n) is 2.23. The molecule has 0 aliphatic rings. The van der Waals surface area contributed by atoms with E-state index in [1.807, 2.05) is 13.6 Å². The van der Waals surface area contributed by atoms with Crippen molar-refractivity contribution in [3.8, 4) is 5.69 Å². The van der Waals surface area contributed by atoms with Crippen LogP contribution in [0.5, 0.6) is 0 Å². The Morgan fingerprint density at radius 2 is 1.58 bits per heavy atom. The van der Waals surface area contributed by atoms with Gasteiger partial charge < -0.3 is 19.5 Å². The van der Waals surface area contributed by atoms with Gasteiger partial charge in [0.2, 0.25) is 0 Å². The van der Waals surface area contributed by atoms with E-state index in [1.165, 1.54) is 6.07 Å². The number of amides is 1. The molecule has 0 radical (unpaired) electrons. The van der Waals surface area contributed by atoms with Crippen molar-refractivity contribution >= 4 is 54.3 Å². The fraction of sp³-hybridized carbons (Fsp3) is 0.143. The van der Waals surface area contributed by atoms with Gasteiger partial charge in [-0.3, -0.25) is 4.79 Å². The Morgan fingerprint density at radius 3 is 2.03 bits per heavy atom. The molecule has 1 heterocycles. The molecule has 6 nitrogen and oxygen atoms in total. The van der Waals surface area contributed by atoms with Crippen molar-refractivity contribution in [3.05, 3.63) is 80.6 Å². The third kappa shape index (κ3) is 8.49. The van der Waals surface area contributed by atoms with Gasteiger partial charge in [0, 0.05) is 39.6 Å². The molecule has 31 heavy (non-hydrogen) atoms. The monoisotopic (exact) mass is 487 g/mol. The Kier molecular flexibility index (Phi) is 13.0. The molecule has 1 amide bonds. The summed E-state index contributed by atoms with van der Waals surface area (Å²) in [5, 5.41) is 4.08. The van der Waals surface area contributed by atoms with Crippen LogP contribution in [0.25, 0.3) is 5.69 Å². The van der Waals surface area contributed by atoms with E-state index in [0.29, 0.717) is 32.1 Å². The van der Waals surface area contributed by atoms with Gasteiger partial charge >= 0.3 is 0 Å². The number of aryl methyl sites for hydroxylation is 1. The quantitative estimate of drug-likeness (QED) is 0.533. The predicted octanol–water partition coefficient (Wildman–Crippen LogP) is 5.26. The van der Waals surface area contributed by atoms with Crippen molar-refractivity contribution < 1.29 is 18.8 Å². The molecule has 3 rings (SSSR count). The second-order valence-electron chi connectivity index (χ2n) is 5.60. The molecule has 0 aliphatic carbocycles. The van der Waals surface area contributed by atoms with Crippen molar-refractivity contribution in [1.29, 1.82) is 0 Å². The van der Waals surface area contributed by atoms with Gasteiger partial charge in [0.05, 0.1) is 0 Å². The van der Waals surface area contributed by atoms with Crippen molar-refractivity contribution in [1.82, 2.24) is 14.9 Å². The number of hydrogen-bond acceptors (Lipinski definition) is 4. The van der Waals surface area contributed by atoms with Crippen LogP contribution in [-0.4, -0.2) is 36.1 Å². The van der Waals surface area contributed by atoms with Gasteiger partial charge in [0.25, 0.3) is 5.91 Å². The first-order chi connectivity index (χ1) is 14.7. The van der Waals surface area contributed by atoms with Gasteiger partial charge in [-0.15, -0.1) is 0 Å². The molecule has 1 aromatic heterocycles. The second-order valence-corrected chi connectivity index (χ2v) is 6.88. The van der Waals surface area contributed by atoms with Crippen molar-refractivity contribution in [2.75, 3.05) is 7.05 Å². The van der Waals surface area contributed by atoms with E-state index in [2.05, 4.69) is 10.3 Å². The van der Waals surface area contributed by atoms with Crippen LogP contribution in [0.1, 0.15) is 21.9 Å². The predicted molar refractivity (Wildman–Crippen MR) is 122 cm³/mol. The smallest absolute Gasteiger partial charge is 0.271 e. The van der Waals surface area contributed by atoms with Crippen LogP contribution in [0.15, 0.2) is 42.6 Å². The van der Waals surface area contributed by atoms with Gasteiger partial charge in [-0.05, 0) is 44.2 Å². The van der Waals surface area contributed by atoms with Gasteiger partial charge in [-0.2, -0.15) is 0 Å². The lowest BCUT2D eigenvalue weighted by atomic mass is 10.2. The number of benzene rings is 2. The van der Waals surface area contributed by atoms with E-state index >= 15 is 0 Å². The fourth-order valence-corrected chi connectivity index (χ4v) is 2.91. The number of imidazole rings is 1. The normalized spacial score (nSPS) is 9.13. The largest absolute Gasteiger partial charge is 0.354 e. The Bertz CT molecular complexity index is 970. The third-order valence-electron chi connectivity index (χ3n) is 3.67. The highest BCUT2D eigenvalue weighted by molar-refractivity contribution is 6.34. The van der Waals surface area contributed by atoms with Gasteiger partial charge in [-0.25, -0.2) is 9.37 Å². The second kappa shape index (κ2) is 14.3. The molecule has 0 aliphatic heterocycles. The standard InChI is InChI=1S/C12H11Cl2N3O.C7H6ClF.2CH2O/c1-7-16-11(12(18)15-2)6-17(7)10-4-8(13)3-9(14)5-10;1-5-6(8)3-2-4-7(5)9;2*1-2/h3-6H,1-2H3,(H,15,18);2-4H,1H3;2*1H2. The summed E-state index contributed by atoms with van der Waals surface area (Å²) in [5.41, 5.74) is 1.64. The van der Waals surface area contributed by atoms with E-state index in [9.17, 15) is 9.18 Å². The number of hydrogen-bond donors (Lipinski definition) is 1. The SMILES string of the molecule is C=O.C=O.CNC(=O)c1cn(-c2cc(Cl)cc(Cl)c2)c(C)n1.Cc1c(F)cccc1Cl. The van der Waals surface area contributed by atoms with Crippen LogP contribution in [0.4, 0.5) is 4.39 Å². The first-order valence-corrected chi connectivity index (χ1v) is 9.59. The maximum atomic E-state index is 12.5. The summed E-state index contributed by atoms with van der Waals surface area (Å²) in [6, 6.07) is 9.82. The molecule has 0 fully saturated rings. The van der Waals surface area contributed by atoms with Crippen molar-refractivity contribution in [2.24, 2.45) is 0 Å². The van der Waals surface area contributed by atoms with Crippen molar-refractivity contribution in [3.63, 3.8) is 0 Å². The lowest BCUT2D eigenvalue weighted by molar-refractivity contribution is -0.0987. The molecule has 0 unspecified atom stereocenters. The van der Waals surface area contributed by atoms with Crippen LogP contribution in [0.3, 0.4) is 0 Å². The Balaban J connectivity index is 0.000000582. The molecule has 0 spiro atoms. The van der Waals surface area contributed by atoms with Crippen LogP contribution < -0.4 is 5.32 Å². The first-order valence-electron chi connectivity index (χ1n) is 8.45. The number of halogens is 4. The maximum absolute atomic E-state index is 12.5. The number of carbonyl (C=O) groups excluding carboxylic acids is 3. The van der Waals surface area contributed by atoms with Crippen LogP contribution in [0.2, 0.25) is 15.1 Å². The van der Waals surface area contributed by atoms with E-state index in [4.69, 9.17) is 44.4 Å². The first kappa shape index (κ1) is 28.3. The highest BCUT2D eigenvalue weighted by Gasteiger charge is 2.12. The average molecular weight is 489 g/mol. The van der Waals surface area contributed by atoms with Crippen LogP contribution >= 0.6 is 34.8 Å². The number of carbonyl (C=O) groups is 3. The molecule has 10 heteroatoms. The molecule has 0 atom stereocenters. The number of nitrogens with zero attached hydrogens (tertiary/aromatic N) is 2. The minimum Gasteiger partial charge on any atom is -0.354 e. The zero-order chi connectivity index (χ0) is 24.1. The summed E-state index contributed by atoms with van der Waals surface area (Å²) in [7, 11) is 1.56. The summed E-state index contributed by atoms with van der Waals surface area (Å²) in [5.74, 6) is 0.208. The molecule has 0 saturated heterocycles. The van der Waals surface area contributed by atoms with Gasteiger partial charge in [-0.1, -0.05) is 40.9 Å². The summed E-state index contributed by atoms with van der Waals surface area (Å²) < 4.78 is 14.3. The Labute approximate surface area is 195 Å². The number of rotatable bonds is 2. The molecule has 0 bridgehead atoms. The van der Waals surface area contributed by atoms with E-state index in [-0.39, 0.29) is 11.7 Å². The molecule has 1 N–H and O–H groups in total. The topological polar surface area (TPSA) is 81.1 Å². The van der Waals surface area contributed by atoms with Crippen LogP contribution in [-0.2, 0) is 9.59 Å². The molecule has 3 aromatic rings. The minimum absolute atomic E-state index is 0.232. The molecular weight excluding hydrogens is 468 g/mol. The molecule has 166 valence electrons. The van der Waals surface area contributed by atoms with E-state index in [1.54, 1.807) is 62.0 Å². The van der Waals surface area contributed by atoms with Crippen molar-refractivity contribution in [2.45, 2.75) is 13.8 Å². The number of nitrogens with one attached hydrogen (secondary N) is 1. The maximum Gasteiger partial charge on any atom is 0.271 e. The number of aromatic nitrogens is 2. The summed E-state index contributed by atoms with van der Waals surface area (Å²) in [4.78, 5) is 31.7. The Hall–Kier alpha value is -2.74. The molecule has 2 aromatic carbocycles. The van der Waals surface area contributed by atoms with Crippen LogP contribution in [0, 0.1) is 19.7 Å². The lowest BCUT2D eigenvalue weighted by Crippen LogP contribution is -2.18. The summed E-state index contributed by atoms with van der Waals surface area (Å²) in [6.45, 7) is 7.46. The lowest BCUT2D eigenvalue weighted by Gasteiger charge is -2.05. The zero-order valence-electron chi connectivity index (χ0n) is 17.1. The zero-order valence-corrected chi connectivity index (χ0v) is 19.4. The summed E-state index contributed by atoms with van der Waals surface area (Å²) in [6.07, 6.45) is 1.65. The minimum atomic E-state index is -0.248. The third-order valence-corrected chi connectivity index (χ3v) is 4.51. The molecule has 0 saturated carbocycles. The Morgan fingerprint density at radius 1 is 1.03 bits per heavy atom. The average Bonchev–Trinajstić information content (AvgIpc) is 3.16. The summed E-state index contributed by atoms with van der Waals surface area (Å²) >= 11 is 17.5. The molecular formula is C21H21Cl3FN3O3. The van der Waals surface area contributed by atoms with Gasteiger partial charge in [0.1, 0.15) is 30.9 Å².